The summed E-state index contributed by atoms with van der Waals surface area (Å²) in [7, 11) is 1.11. The molecule has 0 bridgehead atoms. The molecule has 136 valence electrons. The number of carbonyl (C=O) groups is 1. The second kappa shape index (κ2) is 8.31. The maximum absolute atomic E-state index is 12.4. The van der Waals surface area contributed by atoms with E-state index in [9.17, 15) is 13.2 Å². The molecule has 0 saturated carbocycles. The Hall–Kier alpha value is -1.42. The van der Waals surface area contributed by atoms with Crippen LogP contribution in [0.1, 0.15) is 10.4 Å². The van der Waals surface area contributed by atoms with E-state index >= 15 is 0 Å². The van der Waals surface area contributed by atoms with Crippen molar-refractivity contribution in [2.75, 3.05) is 21.1 Å². The summed E-state index contributed by atoms with van der Waals surface area (Å²) in [5.74, 6) is 0. The Morgan fingerprint density at radius 1 is 1.16 bits per heavy atom. The molecule has 0 atom stereocenters. The van der Waals surface area contributed by atoms with Crippen LogP contribution >= 0.6 is 27.3 Å². The first-order valence-electron chi connectivity index (χ1n) is 7.45. The summed E-state index contributed by atoms with van der Waals surface area (Å²) >= 11 is 4.96. The fourth-order valence-corrected chi connectivity index (χ4v) is 4.80. The van der Waals surface area contributed by atoms with Gasteiger partial charge in [0.1, 0.15) is 0 Å². The molecule has 2 aromatic rings. The standard InChI is InChI=1S/C16H20BrN3O3S2/c1-19(2)25(22,23)14-7-5-4-6-12(14)10-18-16(21)20(3)11-13-8-9-15(17)24-13/h4-9H,10-11H2,1-3H3,(H,18,21). The van der Waals surface area contributed by atoms with Crippen LogP contribution in [0.2, 0.25) is 0 Å². The molecule has 0 radical (unpaired) electrons. The lowest BCUT2D eigenvalue weighted by molar-refractivity contribution is 0.206. The van der Waals surface area contributed by atoms with Crippen molar-refractivity contribution >= 4 is 43.3 Å². The van der Waals surface area contributed by atoms with Crippen LogP contribution in [0, 0.1) is 0 Å². The minimum absolute atomic E-state index is 0.139. The van der Waals surface area contributed by atoms with Crippen molar-refractivity contribution in [3.8, 4) is 0 Å². The van der Waals surface area contributed by atoms with Gasteiger partial charge in [0, 0.05) is 32.6 Å². The fraction of sp³-hybridized carbons (Fsp3) is 0.312. The van der Waals surface area contributed by atoms with E-state index in [4.69, 9.17) is 0 Å². The van der Waals surface area contributed by atoms with Gasteiger partial charge in [0.15, 0.2) is 0 Å². The lowest BCUT2D eigenvalue weighted by Gasteiger charge is -2.19. The van der Waals surface area contributed by atoms with E-state index in [1.165, 1.54) is 14.1 Å². The highest BCUT2D eigenvalue weighted by Crippen LogP contribution is 2.23. The van der Waals surface area contributed by atoms with E-state index in [0.717, 1.165) is 13.0 Å². The van der Waals surface area contributed by atoms with E-state index in [-0.39, 0.29) is 17.5 Å². The van der Waals surface area contributed by atoms with Gasteiger partial charge in [0.25, 0.3) is 0 Å². The van der Waals surface area contributed by atoms with E-state index in [1.54, 1.807) is 47.5 Å². The summed E-state index contributed by atoms with van der Waals surface area (Å²) in [6.07, 6.45) is 0. The van der Waals surface area contributed by atoms with Crippen molar-refractivity contribution < 1.29 is 13.2 Å². The number of hydrogen-bond acceptors (Lipinski definition) is 4. The van der Waals surface area contributed by atoms with Gasteiger partial charge in [-0.1, -0.05) is 18.2 Å². The Balaban J connectivity index is 2.05. The molecule has 0 aliphatic heterocycles. The van der Waals surface area contributed by atoms with Crippen molar-refractivity contribution in [2.24, 2.45) is 0 Å². The number of hydrogen-bond donors (Lipinski definition) is 1. The zero-order valence-corrected chi connectivity index (χ0v) is 17.4. The molecule has 0 aliphatic rings. The predicted molar refractivity (Wildman–Crippen MR) is 103 cm³/mol. The number of rotatable bonds is 6. The number of urea groups is 1. The molecular weight excluding hydrogens is 426 g/mol. The van der Waals surface area contributed by atoms with Crippen molar-refractivity contribution in [2.45, 2.75) is 18.0 Å². The number of thiophene rings is 1. The molecule has 1 N–H and O–H groups in total. The first-order chi connectivity index (χ1) is 11.7. The molecule has 1 aromatic carbocycles. The van der Waals surface area contributed by atoms with Crippen LogP contribution in [0.3, 0.4) is 0 Å². The fourth-order valence-electron chi connectivity index (χ4n) is 2.15. The normalized spacial score (nSPS) is 11.6. The van der Waals surface area contributed by atoms with Crippen LogP contribution in [0.25, 0.3) is 0 Å². The number of halogens is 1. The summed E-state index contributed by atoms with van der Waals surface area (Å²) in [5.41, 5.74) is 0.553. The highest BCUT2D eigenvalue weighted by atomic mass is 79.9. The lowest BCUT2D eigenvalue weighted by Crippen LogP contribution is -2.36. The first-order valence-corrected chi connectivity index (χ1v) is 10.5. The van der Waals surface area contributed by atoms with Gasteiger partial charge in [-0.05, 0) is 39.7 Å². The summed E-state index contributed by atoms with van der Waals surface area (Å²) in [5, 5.41) is 2.77. The number of nitrogens with zero attached hydrogens (tertiary/aromatic N) is 2. The molecule has 9 heteroatoms. The van der Waals surface area contributed by atoms with Gasteiger partial charge in [0.05, 0.1) is 15.2 Å². The smallest absolute Gasteiger partial charge is 0.317 e. The predicted octanol–water partition coefficient (Wildman–Crippen LogP) is 3.10. The van der Waals surface area contributed by atoms with Crippen molar-refractivity contribution in [3.05, 3.63) is 50.6 Å². The number of sulfonamides is 1. The van der Waals surface area contributed by atoms with E-state index in [0.29, 0.717) is 12.1 Å². The summed E-state index contributed by atoms with van der Waals surface area (Å²) in [4.78, 5) is 15.1. The molecule has 0 saturated heterocycles. The van der Waals surface area contributed by atoms with Crippen LogP contribution < -0.4 is 5.32 Å². The van der Waals surface area contributed by atoms with Gasteiger partial charge in [-0.15, -0.1) is 11.3 Å². The van der Waals surface area contributed by atoms with Crippen LogP contribution in [-0.2, 0) is 23.1 Å². The Kier molecular flexibility index (Phi) is 6.61. The van der Waals surface area contributed by atoms with Gasteiger partial charge in [-0.3, -0.25) is 0 Å². The van der Waals surface area contributed by atoms with Crippen molar-refractivity contribution in [1.29, 1.82) is 0 Å². The maximum Gasteiger partial charge on any atom is 0.317 e. The minimum atomic E-state index is -3.56. The molecular formula is C16H20BrN3O3S2. The molecule has 6 nitrogen and oxygen atoms in total. The molecule has 0 spiro atoms. The minimum Gasteiger partial charge on any atom is -0.334 e. The Bertz CT molecular complexity index is 850. The second-order valence-corrected chi connectivity index (χ2v) is 10.3. The van der Waals surface area contributed by atoms with Gasteiger partial charge in [0.2, 0.25) is 10.0 Å². The highest BCUT2D eigenvalue weighted by Gasteiger charge is 2.21. The quantitative estimate of drug-likeness (QED) is 0.742. The van der Waals surface area contributed by atoms with E-state index in [1.807, 2.05) is 12.1 Å². The van der Waals surface area contributed by atoms with Crippen LogP contribution in [0.5, 0.6) is 0 Å². The van der Waals surface area contributed by atoms with Crippen LogP contribution in [0.15, 0.2) is 45.1 Å². The molecule has 1 aromatic heterocycles. The molecule has 2 amide bonds. The zero-order valence-electron chi connectivity index (χ0n) is 14.2. The van der Waals surface area contributed by atoms with Crippen molar-refractivity contribution in [1.82, 2.24) is 14.5 Å². The number of benzene rings is 1. The molecule has 0 aliphatic carbocycles. The summed E-state index contributed by atoms with van der Waals surface area (Å²) in [6, 6.07) is 10.3. The average molecular weight is 446 g/mol. The van der Waals surface area contributed by atoms with Crippen LogP contribution in [0.4, 0.5) is 4.79 Å². The second-order valence-electron chi connectivity index (χ2n) is 5.62. The lowest BCUT2D eigenvalue weighted by atomic mass is 10.2. The van der Waals surface area contributed by atoms with Gasteiger partial charge >= 0.3 is 6.03 Å². The summed E-state index contributed by atoms with van der Waals surface area (Å²) in [6.45, 7) is 0.625. The van der Waals surface area contributed by atoms with Gasteiger partial charge < -0.3 is 10.2 Å². The van der Waals surface area contributed by atoms with E-state index in [2.05, 4.69) is 21.2 Å². The topological polar surface area (TPSA) is 69.7 Å². The Morgan fingerprint density at radius 3 is 2.44 bits per heavy atom. The Labute approximate surface area is 160 Å². The monoisotopic (exact) mass is 445 g/mol. The molecule has 1 heterocycles. The number of nitrogens with one attached hydrogen (secondary N) is 1. The zero-order chi connectivity index (χ0) is 18.6. The molecule has 25 heavy (non-hydrogen) atoms. The highest BCUT2D eigenvalue weighted by molar-refractivity contribution is 9.11. The molecule has 0 fully saturated rings. The third-order valence-electron chi connectivity index (χ3n) is 3.53. The number of carbonyl (C=O) groups excluding carboxylic acids is 1. The van der Waals surface area contributed by atoms with E-state index < -0.39 is 10.0 Å². The van der Waals surface area contributed by atoms with Crippen LogP contribution in [-0.4, -0.2) is 44.8 Å². The number of amides is 2. The van der Waals surface area contributed by atoms with Gasteiger partial charge in [-0.2, -0.15) is 0 Å². The maximum atomic E-state index is 12.4. The first kappa shape index (κ1) is 19.9. The third kappa shape index (κ3) is 5.04. The third-order valence-corrected chi connectivity index (χ3v) is 7.05. The molecule has 2 rings (SSSR count). The van der Waals surface area contributed by atoms with Gasteiger partial charge in [-0.25, -0.2) is 17.5 Å². The largest absolute Gasteiger partial charge is 0.334 e. The Morgan fingerprint density at radius 2 is 1.84 bits per heavy atom. The molecule has 0 unspecified atom stereocenters. The van der Waals surface area contributed by atoms with Crippen molar-refractivity contribution in [3.63, 3.8) is 0 Å². The summed E-state index contributed by atoms with van der Waals surface area (Å²) < 4.78 is 26.9. The SMILES string of the molecule is CN(Cc1ccc(Br)s1)C(=O)NCc1ccccc1S(=O)(=O)N(C)C. The average Bonchev–Trinajstić information content (AvgIpc) is 2.97.